The van der Waals surface area contributed by atoms with Crippen LogP contribution in [0.5, 0.6) is 0 Å². The van der Waals surface area contributed by atoms with E-state index in [-0.39, 0.29) is 5.91 Å². The average Bonchev–Trinajstić information content (AvgIpc) is 2.50. The van der Waals surface area contributed by atoms with Crippen molar-refractivity contribution in [3.05, 3.63) is 18.0 Å². The van der Waals surface area contributed by atoms with Crippen LogP contribution < -0.4 is 11.1 Å². The molecule has 6 heteroatoms. The molecule has 1 heterocycles. The van der Waals surface area contributed by atoms with Crippen LogP contribution in [0.1, 0.15) is 24.2 Å². The highest BCUT2D eigenvalue weighted by Gasteiger charge is 2.27. The van der Waals surface area contributed by atoms with Gasteiger partial charge < -0.3 is 11.1 Å². The van der Waals surface area contributed by atoms with Crippen LogP contribution in [0.25, 0.3) is 0 Å². The molecule has 6 nitrogen and oxygen atoms in total. The van der Waals surface area contributed by atoms with Crippen molar-refractivity contribution in [2.45, 2.75) is 19.4 Å². The molecule has 0 saturated heterocycles. The zero-order valence-corrected chi connectivity index (χ0v) is 8.94. The lowest BCUT2D eigenvalue weighted by atomic mass is 10.0. The Hall–Kier alpha value is -1.85. The zero-order valence-electron chi connectivity index (χ0n) is 8.94. The van der Waals surface area contributed by atoms with Crippen molar-refractivity contribution in [2.75, 3.05) is 0 Å². The molecule has 82 valence electrons. The van der Waals surface area contributed by atoms with Crippen molar-refractivity contribution in [2.24, 2.45) is 12.8 Å². The topological polar surface area (TPSA) is 90.0 Å². The van der Waals surface area contributed by atoms with Gasteiger partial charge in [0.1, 0.15) is 5.54 Å². The molecular weight excluding hydrogens is 196 g/mol. The van der Waals surface area contributed by atoms with Gasteiger partial charge in [-0.15, -0.1) is 0 Å². The van der Waals surface area contributed by atoms with Crippen LogP contribution in [0.2, 0.25) is 0 Å². The molecule has 2 amide bonds. The summed E-state index contributed by atoms with van der Waals surface area (Å²) in [6.07, 6.45) is 2.98. The van der Waals surface area contributed by atoms with Crippen LogP contribution >= 0.6 is 0 Å². The summed E-state index contributed by atoms with van der Waals surface area (Å²) in [5, 5.41) is 6.37. The predicted molar refractivity (Wildman–Crippen MR) is 53.9 cm³/mol. The van der Waals surface area contributed by atoms with Gasteiger partial charge in [0.15, 0.2) is 0 Å². The summed E-state index contributed by atoms with van der Waals surface area (Å²) in [6, 6.07) is 0. The number of carbonyl (C=O) groups is 2. The van der Waals surface area contributed by atoms with Crippen molar-refractivity contribution < 1.29 is 9.59 Å². The molecule has 0 unspecified atom stereocenters. The summed E-state index contributed by atoms with van der Waals surface area (Å²) in [6.45, 7) is 3.09. The molecule has 0 fully saturated rings. The molecular formula is C9H14N4O2. The normalized spacial score (nSPS) is 11.1. The Kier molecular flexibility index (Phi) is 2.78. The highest BCUT2D eigenvalue weighted by atomic mass is 16.2. The molecule has 0 aromatic carbocycles. The number of rotatable bonds is 3. The van der Waals surface area contributed by atoms with Crippen LogP contribution in [0, 0.1) is 0 Å². The number of nitrogens with zero attached hydrogens (tertiary/aromatic N) is 2. The second-order valence-electron chi connectivity index (χ2n) is 3.85. The van der Waals surface area contributed by atoms with Gasteiger partial charge in [0.2, 0.25) is 5.91 Å². The Morgan fingerprint density at radius 1 is 1.53 bits per heavy atom. The molecule has 0 saturated carbocycles. The van der Waals surface area contributed by atoms with Crippen molar-refractivity contribution in [1.29, 1.82) is 0 Å². The highest BCUT2D eigenvalue weighted by molar-refractivity contribution is 5.98. The van der Waals surface area contributed by atoms with E-state index < -0.39 is 11.4 Å². The minimum Gasteiger partial charge on any atom is -0.368 e. The van der Waals surface area contributed by atoms with E-state index >= 15 is 0 Å². The number of nitrogens with two attached hydrogens (primary N) is 1. The van der Waals surface area contributed by atoms with Crippen LogP contribution in [0.4, 0.5) is 0 Å². The molecule has 0 aliphatic rings. The lowest BCUT2D eigenvalue weighted by Crippen LogP contribution is -2.52. The van der Waals surface area contributed by atoms with Gasteiger partial charge in [-0.25, -0.2) is 0 Å². The summed E-state index contributed by atoms with van der Waals surface area (Å²) in [5.41, 5.74) is 4.46. The van der Waals surface area contributed by atoms with Crippen molar-refractivity contribution >= 4 is 11.8 Å². The molecule has 1 aromatic rings. The number of hydrogen-bond acceptors (Lipinski definition) is 3. The maximum atomic E-state index is 11.6. The number of nitrogens with one attached hydrogen (secondary N) is 1. The maximum Gasteiger partial charge on any atom is 0.255 e. The second-order valence-corrected chi connectivity index (χ2v) is 3.85. The second kappa shape index (κ2) is 3.72. The molecule has 1 rings (SSSR count). The summed E-state index contributed by atoms with van der Waals surface area (Å²) in [4.78, 5) is 22.6. The molecule has 15 heavy (non-hydrogen) atoms. The molecule has 3 N–H and O–H groups in total. The first-order chi connectivity index (χ1) is 6.83. The first-order valence-electron chi connectivity index (χ1n) is 4.44. The van der Waals surface area contributed by atoms with Crippen LogP contribution in [0.15, 0.2) is 12.4 Å². The van der Waals surface area contributed by atoms with E-state index in [1.807, 2.05) is 0 Å². The SMILES string of the molecule is Cn1cc(C(=O)NC(C)(C)C(N)=O)cn1. The molecule has 0 aliphatic heterocycles. The number of primary amides is 1. The Labute approximate surface area is 87.4 Å². The Balaban J connectivity index is 2.76. The first-order valence-corrected chi connectivity index (χ1v) is 4.44. The zero-order chi connectivity index (χ0) is 11.6. The minimum atomic E-state index is -1.06. The van der Waals surface area contributed by atoms with Crippen molar-refractivity contribution in [3.8, 4) is 0 Å². The third kappa shape index (κ3) is 2.55. The number of hydrogen-bond donors (Lipinski definition) is 2. The Morgan fingerprint density at radius 2 is 2.13 bits per heavy atom. The van der Waals surface area contributed by atoms with E-state index in [0.717, 1.165) is 0 Å². The lowest BCUT2D eigenvalue weighted by Gasteiger charge is -2.21. The number of amides is 2. The maximum absolute atomic E-state index is 11.6. The fraction of sp³-hybridized carbons (Fsp3) is 0.444. The summed E-state index contributed by atoms with van der Waals surface area (Å²) < 4.78 is 1.51. The fourth-order valence-electron chi connectivity index (χ4n) is 0.956. The molecule has 0 spiro atoms. The summed E-state index contributed by atoms with van der Waals surface area (Å²) in [5.74, 6) is -0.952. The van der Waals surface area contributed by atoms with Gasteiger partial charge in [-0.2, -0.15) is 5.10 Å². The van der Waals surface area contributed by atoms with Gasteiger partial charge in [0, 0.05) is 13.2 Å². The van der Waals surface area contributed by atoms with Gasteiger partial charge in [-0.3, -0.25) is 14.3 Å². The van der Waals surface area contributed by atoms with E-state index in [1.165, 1.54) is 10.9 Å². The van der Waals surface area contributed by atoms with Crippen molar-refractivity contribution in [3.63, 3.8) is 0 Å². The van der Waals surface area contributed by atoms with Gasteiger partial charge in [-0.05, 0) is 13.8 Å². The Bertz CT molecular complexity index is 395. The van der Waals surface area contributed by atoms with Crippen LogP contribution in [-0.4, -0.2) is 27.1 Å². The lowest BCUT2D eigenvalue weighted by molar-refractivity contribution is -0.122. The average molecular weight is 210 g/mol. The molecule has 0 atom stereocenters. The van der Waals surface area contributed by atoms with Crippen LogP contribution in [-0.2, 0) is 11.8 Å². The van der Waals surface area contributed by atoms with E-state index in [1.54, 1.807) is 27.1 Å². The highest BCUT2D eigenvalue weighted by Crippen LogP contribution is 2.04. The largest absolute Gasteiger partial charge is 0.368 e. The van der Waals surface area contributed by atoms with E-state index in [4.69, 9.17) is 5.73 Å². The van der Waals surface area contributed by atoms with Gasteiger partial charge >= 0.3 is 0 Å². The van der Waals surface area contributed by atoms with Gasteiger partial charge in [-0.1, -0.05) is 0 Å². The van der Waals surface area contributed by atoms with Crippen LogP contribution in [0.3, 0.4) is 0 Å². The van der Waals surface area contributed by atoms with E-state index in [2.05, 4.69) is 10.4 Å². The quantitative estimate of drug-likeness (QED) is 0.699. The number of aromatic nitrogens is 2. The minimum absolute atomic E-state index is 0.369. The monoisotopic (exact) mass is 210 g/mol. The molecule has 0 bridgehead atoms. The first kappa shape index (κ1) is 11.2. The van der Waals surface area contributed by atoms with Crippen molar-refractivity contribution in [1.82, 2.24) is 15.1 Å². The van der Waals surface area contributed by atoms with E-state index in [0.29, 0.717) is 5.56 Å². The molecule has 0 radical (unpaired) electrons. The standard InChI is InChI=1S/C9H14N4O2/c1-9(2,8(10)15)12-7(14)6-4-11-13(3)5-6/h4-5H,1-3H3,(H2,10,15)(H,12,14). The number of carbonyl (C=O) groups excluding carboxylic acids is 2. The molecule has 1 aromatic heterocycles. The summed E-state index contributed by atoms with van der Waals surface area (Å²) >= 11 is 0. The third-order valence-electron chi connectivity index (χ3n) is 2.01. The third-order valence-corrected chi connectivity index (χ3v) is 2.01. The predicted octanol–water partition coefficient (Wildman–Crippen LogP) is -0.586. The Morgan fingerprint density at radius 3 is 2.53 bits per heavy atom. The molecule has 0 aliphatic carbocycles. The number of aryl methyl sites for hydroxylation is 1. The van der Waals surface area contributed by atoms with E-state index in [9.17, 15) is 9.59 Å². The smallest absolute Gasteiger partial charge is 0.255 e. The summed E-state index contributed by atoms with van der Waals surface area (Å²) in [7, 11) is 1.70. The van der Waals surface area contributed by atoms with Gasteiger partial charge in [0.25, 0.3) is 5.91 Å². The fourth-order valence-corrected chi connectivity index (χ4v) is 0.956. The van der Waals surface area contributed by atoms with Gasteiger partial charge in [0.05, 0.1) is 11.8 Å².